The number of nitrogens with zero attached hydrogens (tertiary/aromatic N) is 3. The Labute approximate surface area is 239 Å². The molecule has 0 saturated heterocycles. The van der Waals surface area contributed by atoms with Crippen LogP contribution in [-0.4, -0.2) is 9.97 Å². The lowest BCUT2D eigenvalue weighted by atomic mass is 9.94. The lowest BCUT2D eigenvalue weighted by Crippen LogP contribution is -2.10. The first-order valence-electron chi connectivity index (χ1n) is 13.8. The van der Waals surface area contributed by atoms with Crippen molar-refractivity contribution in [3.05, 3.63) is 152 Å². The van der Waals surface area contributed by atoms with Gasteiger partial charge >= 0.3 is 0 Å². The van der Waals surface area contributed by atoms with Gasteiger partial charge in [-0.1, -0.05) is 84.9 Å². The summed E-state index contributed by atoms with van der Waals surface area (Å²) >= 11 is 0. The predicted octanol–water partition coefficient (Wildman–Crippen LogP) is 10.1. The topological polar surface area (TPSA) is 29.0 Å². The lowest BCUT2D eigenvalue weighted by molar-refractivity contribution is 1.23. The summed E-state index contributed by atoms with van der Waals surface area (Å²) in [5, 5.41) is 2.64. The fourth-order valence-electron chi connectivity index (χ4n) is 6.09. The Morgan fingerprint density at radius 2 is 1.05 bits per heavy atom. The summed E-state index contributed by atoms with van der Waals surface area (Å²) in [6.07, 6.45) is 5.53. The van der Waals surface area contributed by atoms with Crippen molar-refractivity contribution in [1.29, 1.82) is 0 Å². The first-order valence-corrected chi connectivity index (χ1v) is 13.8. The maximum Gasteiger partial charge on any atom is 0.0704 e. The van der Waals surface area contributed by atoms with Gasteiger partial charge in [0, 0.05) is 29.3 Å². The molecule has 0 amide bonds. The molecule has 8 rings (SSSR count). The van der Waals surface area contributed by atoms with Crippen LogP contribution in [0.15, 0.2) is 152 Å². The average Bonchev–Trinajstić information content (AvgIpc) is 3.38. The number of rotatable bonds is 5. The normalized spacial score (nSPS) is 11.4. The van der Waals surface area contributed by atoms with Crippen LogP contribution in [0.4, 0.5) is 17.1 Å². The molecule has 0 atom stereocenters. The predicted molar refractivity (Wildman–Crippen MR) is 170 cm³/mol. The molecule has 0 bridgehead atoms. The molecule has 1 aliphatic rings. The van der Waals surface area contributed by atoms with E-state index >= 15 is 0 Å². The largest absolute Gasteiger partial charge is 0.309 e. The zero-order valence-corrected chi connectivity index (χ0v) is 22.3. The quantitative estimate of drug-likeness (QED) is 0.225. The van der Waals surface area contributed by atoms with Crippen LogP contribution in [0.1, 0.15) is 0 Å². The molecular weight excluding hydrogens is 498 g/mol. The number of fused-ring (bicyclic) bond motifs is 3. The molecule has 5 aromatic carbocycles. The smallest absolute Gasteiger partial charge is 0.0704 e. The molecule has 3 heteroatoms. The summed E-state index contributed by atoms with van der Waals surface area (Å²) in [6.45, 7) is 0. The highest BCUT2D eigenvalue weighted by atomic mass is 15.1. The van der Waals surface area contributed by atoms with E-state index in [1.54, 1.807) is 12.4 Å². The fourth-order valence-corrected chi connectivity index (χ4v) is 6.09. The highest BCUT2D eigenvalue weighted by Gasteiger charge is 2.22. The van der Waals surface area contributed by atoms with Crippen molar-refractivity contribution < 1.29 is 0 Å². The second kappa shape index (κ2) is 9.58. The minimum absolute atomic E-state index is 0.925. The van der Waals surface area contributed by atoms with E-state index in [0.29, 0.717) is 0 Å². The van der Waals surface area contributed by atoms with Crippen LogP contribution in [0.3, 0.4) is 0 Å². The van der Waals surface area contributed by atoms with Crippen LogP contribution in [0.2, 0.25) is 0 Å². The molecule has 7 aromatic rings. The molecule has 1 aliphatic carbocycles. The number of benzene rings is 5. The molecule has 192 valence electrons. The van der Waals surface area contributed by atoms with Gasteiger partial charge in [-0.2, -0.15) is 0 Å². The van der Waals surface area contributed by atoms with Gasteiger partial charge in [-0.15, -0.1) is 0 Å². The van der Waals surface area contributed by atoms with Crippen LogP contribution in [0, 0.1) is 0 Å². The fraction of sp³-hybridized carbons (Fsp3) is 0. The molecule has 0 fully saturated rings. The van der Waals surface area contributed by atoms with E-state index in [2.05, 4.69) is 125 Å². The Bertz CT molecular complexity index is 1990. The van der Waals surface area contributed by atoms with Gasteiger partial charge < -0.3 is 4.90 Å². The second-order valence-corrected chi connectivity index (χ2v) is 10.3. The molecule has 0 saturated carbocycles. The third-order valence-electron chi connectivity index (χ3n) is 7.98. The van der Waals surface area contributed by atoms with Crippen LogP contribution in [0.5, 0.6) is 0 Å². The monoisotopic (exact) mass is 523 g/mol. The molecule has 0 aliphatic heterocycles. The van der Waals surface area contributed by atoms with E-state index in [1.807, 2.05) is 24.4 Å². The number of hydrogen-bond acceptors (Lipinski definition) is 3. The number of anilines is 3. The molecule has 2 heterocycles. The van der Waals surface area contributed by atoms with E-state index in [9.17, 15) is 0 Å². The van der Waals surface area contributed by atoms with Crippen LogP contribution < -0.4 is 4.90 Å². The second-order valence-electron chi connectivity index (χ2n) is 10.3. The van der Waals surface area contributed by atoms with Crippen LogP contribution in [-0.2, 0) is 0 Å². The van der Waals surface area contributed by atoms with Crippen molar-refractivity contribution in [1.82, 2.24) is 9.97 Å². The van der Waals surface area contributed by atoms with Gasteiger partial charge in [0.2, 0.25) is 0 Å². The first kappa shape index (κ1) is 23.4. The Hall–Kier alpha value is -5.54. The first-order chi connectivity index (χ1) is 20.3. The Balaban J connectivity index is 1.19. The zero-order valence-electron chi connectivity index (χ0n) is 22.3. The van der Waals surface area contributed by atoms with Gasteiger partial charge in [0.15, 0.2) is 0 Å². The maximum atomic E-state index is 4.79. The summed E-state index contributed by atoms with van der Waals surface area (Å²) < 4.78 is 0. The Morgan fingerprint density at radius 1 is 0.415 bits per heavy atom. The van der Waals surface area contributed by atoms with Gasteiger partial charge in [0.1, 0.15) is 0 Å². The van der Waals surface area contributed by atoms with Crippen molar-refractivity contribution in [2.45, 2.75) is 0 Å². The van der Waals surface area contributed by atoms with E-state index in [1.165, 1.54) is 44.2 Å². The van der Waals surface area contributed by atoms with E-state index in [4.69, 9.17) is 4.98 Å². The number of para-hydroxylation sites is 1. The van der Waals surface area contributed by atoms with Crippen molar-refractivity contribution in [3.8, 4) is 44.6 Å². The summed E-state index contributed by atoms with van der Waals surface area (Å²) in [5.74, 6) is 0. The van der Waals surface area contributed by atoms with Crippen LogP contribution in [0.25, 0.3) is 55.4 Å². The Kier molecular flexibility index (Phi) is 5.46. The van der Waals surface area contributed by atoms with Gasteiger partial charge in [-0.3, -0.25) is 9.97 Å². The molecule has 0 radical (unpaired) electrons. The SMILES string of the molecule is c1ccc(N(c2ccc(-c3ccc4c5c(cccc35)-c3ccccc3-4)cc2)c2ccc(-c3ccncc3)nc2)cc1. The number of aromatic nitrogens is 2. The molecule has 41 heavy (non-hydrogen) atoms. The van der Waals surface area contributed by atoms with Gasteiger partial charge in [-0.25, -0.2) is 0 Å². The van der Waals surface area contributed by atoms with E-state index < -0.39 is 0 Å². The van der Waals surface area contributed by atoms with Gasteiger partial charge in [0.25, 0.3) is 0 Å². The summed E-state index contributed by atoms with van der Waals surface area (Å²) in [5.41, 5.74) is 12.9. The van der Waals surface area contributed by atoms with Crippen molar-refractivity contribution in [2.24, 2.45) is 0 Å². The summed E-state index contributed by atoms with van der Waals surface area (Å²) in [4.78, 5) is 11.2. The van der Waals surface area contributed by atoms with Gasteiger partial charge in [-0.05, 0) is 92.7 Å². The summed E-state index contributed by atoms with van der Waals surface area (Å²) in [6, 6.07) is 47.4. The molecular formula is C38H25N3. The minimum Gasteiger partial charge on any atom is -0.309 e. The molecule has 0 spiro atoms. The highest BCUT2D eigenvalue weighted by Crippen LogP contribution is 2.49. The molecule has 3 nitrogen and oxygen atoms in total. The summed E-state index contributed by atoms with van der Waals surface area (Å²) in [7, 11) is 0. The lowest BCUT2D eigenvalue weighted by Gasteiger charge is -2.25. The van der Waals surface area contributed by atoms with Crippen molar-refractivity contribution in [2.75, 3.05) is 4.90 Å². The Morgan fingerprint density at radius 3 is 1.78 bits per heavy atom. The van der Waals surface area contributed by atoms with E-state index in [0.717, 1.165) is 28.3 Å². The van der Waals surface area contributed by atoms with E-state index in [-0.39, 0.29) is 0 Å². The average molecular weight is 524 g/mol. The number of pyridine rings is 2. The van der Waals surface area contributed by atoms with Crippen molar-refractivity contribution >= 4 is 27.8 Å². The minimum atomic E-state index is 0.925. The maximum absolute atomic E-state index is 4.79. The molecule has 0 unspecified atom stereocenters. The van der Waals surface area contributed by atoms with Crippen LogP contribution >= 0.6 is 0 Å². The molecule has 2 aromatic heterocycles. The molecule has 0 N–H and O–H groups in total. The zero-order chi connectivity index (χ0) is 27.2. The third-order valence-corrected chi connectivity index (χ3v) is 7.98. The van der Waals surface area contributed by atoms with Crippen molar-refractivity contribution in [3.63, 3.8) is 0 Å². The number of hydrogen-bond donors (Lipinski definition) is 0. The third kappa shape index (κ3) is 3.90. The van der Waals surface area contributed by atoms with Gasteiger partial charge in [0.05, 0.1) is 17.6 Å². The highest BCUT2D eigenvalue weighted by molar-refractivity contribution is 6.18. The standard InChI is InChI=1S/C38H25N3/c1-2-7-28(8-3-1)41(30-17-20-37(40-25-30)27-21-23-39-24-22-27)29-15-13-26(14-16-29)31-18-19-36-33-10-5-4-9-32(33)35-12-6-11-34(31)38(35)36/h1-25H.